The molecule has 0 bridgehead atoms. The molecular weight excluding hydrogens is 474 g/mol. The molecule has 0 unspecified atom stereocenters. The van der Waals surface area contributed by atoms with Crippen molar-refractivity contribution in [3.8, 4) is 17.2 Å². The van der Waals surface area contributed by atoms with Gasteiger partial charge in [0.2, 0.25) is 0 Å². The third-order valence-electron chi connectivity index (χ3n) is 6.69. The highest BCUT2D eigenvalue weighted by Crippen LogP contribution is 2.30. The van der Waals surface area contributed by atoms with Gasteiger partial charge in [0.25, 0.3) is 5.91 Å². The van der Waals surface area contributed by atoms with E-state index in [0.717, 1.165) is 46.5 Å². The first kappa shape index (κ1) is 25.4. The van der Waals surface area contributed by atoms with Gasteiger partial charge in [-0.15, -0.1) is 0 Å². The molecule has 0 spiro atoms. The van der Waals surface area contributed by atoms with E-state index in [-0.39, 0.29) is 5.91 Å². The van der Waals surface area contributed by atoms with Crippen LogP contribution in [-0.2, 0) is 11.3 Å². The molecule has 0 N–H and O–H groups in total. The summed E-state index contributed by atoms with van der Waals surface area (Å²) >= 11 is 0. The van der Waals surface area contributed by atoms with Crippen LogP contribution in [-0.4, -0.2) is 53.6 Å². The van der Waals surface area contributed by atoms with Gasteiger partial charge in [-0.25, -0.2) is 9.97 Å². The van der Waals surface area contributed by atoms with E-state index in [1.54, 1.807) is 30.6 Å². The van der Waals surface area contributed by atoms with Crippen molar-refractivity contribution in [1.82, 2.24) is 14.9 Å². The molecule has 1 saturated heterocycles. The Kier molecular flexibility index (Phi) is 7.62. The molecule has 7 nitrogen and oxygen atoms in total. The number of carbonyl (C=O) groups is 1. The molecule has 192 valence electrons. The van der Waals surface area contributed by atoms with Crippen LogP contribution in [0, 0.1) is 17.2 Å². The van der Waals surface area contributed by atoms with Crippen molar-refractivity contribution >= 4 is 22.6 Å². The lowest BCUT2D eigenvalue weighted by atomic mass is 10.0. The first-order chi connectivity index (χ1) is 18.5. The number of benzene rings is 3. The molecule has 3 aromatic carbocycles. The Bertz CT molecular complexity index is 1470. The Balaban J connectivity index is 1.43. The standard InChI is InChI=1S/C31H31N5O2/c1-22(2)19-36(31(37)25-8-6-23(18-32)7-9-25)20-24-4-3-5-26(16-24)27-10-11-29-28(17-27)30(34-21-33-29)35-12-14-38-15-13-35/h3-11,16-17,21-22H,12-15,19-20H2,1-2H3. The van der Waals surface area contributed by atoms with E-state index < -0.39 is 0 Å². The summed E-state index contributed by atoms with van der Waals surface area (Å²) < 4.78 is 5.52. The van der Waals surface area contributed by atoms with Crippen molar-refractivity contribution in [2.75, 3.05) is 37.7 Å². The van der Waals surface area contributed by atoms with Crippen molar-refractivity contribution in [2.45, 2.75) is 20.4 Å². The van der Waals surface area contributed by atoms with Gasteiger partial charge >= 0.3 is 0 Å². The molecule has 5 rings (SSSR count). The minimum absolute atomic E-state index is 0.0356. The number of anilines is 1. The quantitative estimate of drug-likeness (QED) is 0.339. The molecule has 38 heavy (non-hydrogen) atoms. The summed E-state index contributed by atoms with van der Waals surface area (Å²) in [5.74, 6) is 1.22. The Labute approximate surface area is 223 Å². The van der Waals surface area contributed by atoms with Gasteiger partial charge in [0.1, 0.15) is 12.1 Å². The maximum atomic E-state index is 13.4. The second kappa shape index (κ2) is 11.4. The largest absolute Gasteiger partial charge is 0.378 e. The Morgan fingerprint density at radius 1 is 1.03 bits per heavy atom. The van der Waals surface area contributed by atoms with Crippen molar-refractivity contribution < 1.29 is 9.53 Å². The van der Waals surface area contributed by atoms with Crippen LogP contribution in [0.15, 0.2) is 73.1 Å². The lowest BCUT2D eigenvalue weighted by Gasteiger charge is -2.28. The smallest absolute Gasteiger partial charge is 0.254 e. The number of ether oxygens (including phenoxy) is 1. The van der Waals surface area contributed by atoms with Crippen LogP contribution >= 0.6 is 0 Å². The Morgan fingerprint density at radius 3 is 2.53 bits per heavy atom. The van der Waals surface area contributed by atoms with E-state index in [0.29, 0.717) is 43.3 Å². The minimum Gasteiger partial charge on any atom is -0.378 e. The van der Waals surface area contributed by atoms with E-state index in [1.807, 2.05) is 17.0 Å². The monoisotopic (exact) mass is 505 g/mol. The van der Waals surface area contributed by atoms with Crippen molar-refractivity contribution in [2.24, 2.45) is 5.92 Å². The summed E-state index contributed by atoms with van der Waals surface area (Å²) in [5, 5.41) is 10.1. The fourth-order valence-corrected chi connectivity index (χ4v) is 4.85. The van der Waals surface area contributed by atoms with Crippen molar-refractivity contribution in [1.29, 1.82) is 5.26 Å². The number of fused-ring (bicyclic) bond motifs is 1. The molecule has 1 fully saturated rings. The fraction of sp³-hybridized carbons (Fsp3) is 0.290. The molecule has 1 aliphatic heterocycles. The predicted molar refractivity (Wildman–Crippen MR) is 149 cm³/mol. The third-order valence-corrected chi connectivity index (χ3v) is 6.69. The zero-order valence-electron chi connectivity index (χ0n) is 21.8. The predicted octanol–water partition coefficient (Wildman–Crippen LogP) is 5.30. The number of nitriles is 1. The number of rotatable bonds is 7. The van der Waals surface area contributed by atoms with Crippen LogP contribution in [0.2, 0.25) is 0 Å². The van der Waals surface area contributed by atoms with Gasteiger partial charge in [0.05, 0.1) is 30.4 Å². The molecule has 1 amide bonds. The summed E-state index contributed by atoms with van der Waals surface area (Å²) in [7, 11) is 0. The molecule has 7 heteroatoms. The molecule has 0 saturated carbocycles. The maximum Gasteiger partial charge on any atom is 0.254 e. The molecule has 0 atom stereocenters. The number of amides is 1. The van der Waals surface area contributed by atoms with Crippen LogP contribution in [0.4, 0.5) is 5.82 Å². The first-order valence-electron chi connectivity index (χ1n) is 13.0. The van der Waals surface area contributed by atoms with Crippen LogP contribution in [0.25, 0.3) is 22.0 Å². The van der Waals surface area contributed by atoms with Crippen LogP contribution < -0.4 is 4.90 Å². The van der Waals surface area contributed by atoms with Gasteiger partial charge in [-0.1, -0.05) is 38.1 Å². The van der Waals surface area contributed by atoms with E-state index in [1.165, 1.54) is 0 Å². The van der Waals surface area contributed by atoms with Gasteiger partial charge in [0, 0.05) is 37.1 Å². The average molecular weight is 506 g/mol. The molecule has 1 aromatic heterocycles. The highest BCUT2D eigenvalue weighted by atomic mass is 16.5. The summed E-state index contributed by atoms with van der Waals surface area (Å²) in [5.41, 5.74) is 5.27. The lowest BCUT2D eigenvalue weighted by Crippen LogP contribution is -2.36. The summed E-state index contributed by atoms with van der Waals surface area (Å²) in [6, 6.07) is 23.6. The highest BCUT2D eigenvalue weighted by molar-refractivity contribution is 5.94. The zero-order chi connectivity index (χ0) is 26.5. The normalized spacial score (nSPS) is 13.5. The molecule has 0 aliphatic carbocycles. The van der Waals surface area contributed by atoms with Gasteiger partial charge in [-0.05, 0) is 65.1 Å². The number of aromatic nitrogens is 2. The Hall–Kier alpha value is -4.28. The lowest BCUT2D eigenvalue weighted by molar-refractivity contribution is 0.0722. The van der Waals surface area contributed by atoms with Gasteiger partial charge in [0.15, 0.2) is 0 Å². The minimum atomic E-state index is -0.0356. The highest BCUT2D eigenvalue weighted by Gasteiger charge is 2.19. The summed E-state index contributed by atoms with van der Waals surface area (Å²) in [4.78, 5) is 26.6. The molecule has 4 aromatic rings. The zero-order valence-corrected chi connectivity index (χ0v) is 21.8. The summed E-state index contributed by atoms with van der Waals surface area (Å²) in [6.07, 6.45) is 1.63. The van der Waals surface area contributed by atoms with Gasteiger partial charge < -0.3 is 14.5 Å². The molecule has 1 aliphatic rings. The SMILES string of the molecule is CC(C)CN(Cc1cccc(-c2ccc3ncnc(N4CCOCC4)c3c2)c1)C(=O)c1ccc(C#N)cc1. The second-order valence-electron chi connectivity index (χ2n) is 10.00. The number of hydrogen-bond donors (Lipinski definition) is 0. The molecular formula is C31H31N5O2. The van der Waals surface area contributed by atoms with Gasteiger partial charge in [-0.2, -0.15) is 5.26 Å². The second-order valence-corrected chi connectivity index (χ2v) is 10.00. The van der Waals surface area contributed by atoms with Gasteiger partial charge in [-0.3, -0.25) is 4.79 Å². The van der Waals surface area contributed by atoms with E-state index in [4.69, 9.17) is 10.00 Å². The molecule has 0 radical (unpaired) electrons. The van der Waals surface area contributed by atoms with Crippen LogP contribution in [0.3, 0.4) is 0 Å². The fourth-order valence-electron chi connectivity index (χ4n) is 4.85. The summed E-state index contributed by atoms with van der Waals surface area (Å²) in [6.45, 7) is 8.37. The number of carbonyl (C=O) groups excluding carboxylic acids is 1. The van der Waals surface area contributed by atoms with E-state index in [2.05, 4.69) is 65.1 Å². The van der Waals surface area contributed by atoms with E-state index >= 15 is 0 Å². The number of morpholine rings is 1. The van der Waals surface area contributed by atoms with Crippen molar-refractivity contribution in [3.05, 3.63) is 89.7 Å². The first-order valence-corrected chi connectivity index (χ1v) is 13.0. The third kappa shape index (κ3) is 5.66. The number of nitrogens with zero attached hydrogens (tertiary/aromatic N) is 5. The molecule has 2 heterocycles. The van der Waals surface area contributed by atoms with Crippen LogP contribution in [0.5, 0.6) is 0 Å². The van der Waals surface area contributed by atoms with Crippen LogP contribution in [0.1, 0.15) is 35.3 Å². The Morgan fingerprint density at radius 2 is 1.79 bits per heavy atom. The average Bonchev–Trinajstić information content (AvgIpc) is 2.96. The van der Waals surface area contributed by atoms with Crippen molar-refractivity contribution in [3.63, 3.8) is 0 Å². The topological polar surface area (TPSA) is 82.4 Å². The number of hydrogen-bond acceptors (Lipinski definition) is 6. The van der Waals surface area contributed by atoms with E-state index in [9.17, 15) is 4.79 Å². The maximum absolute atomic E-state index is 13.4.